The summed E-state index contributed by atoms with van der Waals surface area (Å²) in [6.45, 7) is -0.974. The van der Waals surface area contributed by atoms with E-state index in [1.807, 2.05) is 0 Å². The first-order chi connectivity index (χ1) is 12.8. The van der Waals surface area contributed by atoms with Gasteiger partial charge in [-0.15, -0.1) is 0 Å². The topological polar surface area (TPSA) is 55.4 Å². The summed E-state index contributed by atoms with van der Waals surface area (Å²) in [7, 11) is 0. The summed E-state index contributed by atoms with van der Waals surface area (Å²) in [5, 5.41) is 2.98. The van der Waals surface area contributed by atoms with Crippen LogP contribution in [0.2, 0.25) is 0 Å². The Morgan fingerprint density at radius 3 is 2.22 bits per heavy atom. The zero-order chi connectivity index (χ0) is 19.2. The van der Waals surface area contributed by atoms with Gasteiger partial charge < -0.3 is 10.1 Å². The standard InChI is InChI=1S/C20H28F3NO3/c21-20(22,23)11-27-18(26)16-4-2-1-3-15(16)17(25)24-6-5-19-9-12-7-14(19)8-13(12)10-19/h12-16H,1-11H2,(H,24,25)/t12-,13+,14?,15-,16-,19?/m1/s1. The molecule has 5 aliphatic carbocycles. The maximum absolute atomic E-state index is 12.6. The van der Waals surface area contributed by atoms with Crippen molar-refractivity contribution in [3.63, 3.8) is 0 Å². The van der Waals surface area contributed by atoms with Crippen LogP contribution in [0.25, 0.3) is 0 Å². The van der Waals surface area contributed by atoms with Crippen LogP contribution in [0.5, 0.6) is 0 Å². The number of alkyl halides is 3. The van der Waals surface area contributed by atoms with Gasteiger partial charge in [0.2, 0.25) is 5.91 Å². The average Bonchev–Trinajstić information content (AvgIpc) is 3.33. The fourth-order valence-corrected chi connectivity index (χ4v) is 6.63. The zero-order valence-corrected chi connectivity index (χ0v) is 15.5. The minimum atomic E-state index is -4.54. The molecule has 1 amide bonds. The van der Waals surface area contributed by atoms with E-state index in [-0.39, 0.29) is 5.91 Å². The molecule has 0 radical (unpaired) electrons. The fourth-order valence-electron chi connectivity index (χ4n) is 6.63. The van der Waals surface area contributed by atoms with E-state index in [9.17, 15) is 22.8 Å². The summed E-state index contributed by atoms with van der Waals surface area (Å²) >= 11 is 0. The number of carbonyl (C=O) groups is 2. The second kappa shape index (κ2) is 6.96. The Morgan fingerprint density at radius 1 is 1.04 bits per heavy atom. The lowest BCUT2D eigenvalue weighted by atomic mass is 9.77. The highest BCUT2D eigenvalue weighted by atomic mass is 19.4. The van der Waals surface area contributed by atoms with Gasteiger partial charge >= 0.3 is 12.1 Å². The third-order valence-corrected chi connectivity index (χ3v) is 7.75. The minimum Gasteiger partial charge on any atom is -0.456 e. The van der Waals surface area contributed by atoms with E-state index in [0.29, 0.717) is 24.8 Å². The second-order valence-electron chi connectivity index (χ2n) is 9.22. The molecule has 7 heteroatoms. The van der Waals surface area contributed by atoms with Gasteiger partial charge in [-0.05, 0) is 68.1 Å². The summed E-state index contributed by atoms with van der Waals surface area (Å²) < 4.78 is 41.3. The molecule has 0 spiro atoms. The van der Waals surface area contributed by atoms with Gasteiger partial charge in [-0.3, -0.25) is 9.59 Å². The van der Waals surface area contributed by atoms with Crippen LogP contribution in [0.4, 0.5) is 13.2 Å². The van der Waals surface area contributed by atoms with Crippen LogP contribution in [0.3, 0.4) is 0 Å². The Balaban J connectivity index is 1.28. The number of carbonyl (C=O) groups excluding carboxylic acids is 2. The third-order valence-electron chi connectivity index (χ3n) is 7.75. The number of esters is 1. The summed E-state index contributed by atoms with van der Waals surface area (Å²) in [4.78, 5) is 24.7. The number of halogens is 3. The van der Waals surface area contributed by atoms with Gasteiger partial charge in [0.05, 0.1) is 11.8 Å². The van der Waals surface area contributed by atoms with E-state index in [1.165, 1.54) is 25.7 Å². The molecule has 5 fully saturated rings. The van der Waals surface area contributed by atoms with Crippen molar-refractivity contribution >= 4 is 11.9 Å². The second-order valence-corrected chi connectivity index (χ2v) is 9.22. The highest BCUT2D eigenvalue weighted by Crippen LogP contribution is 2.71. The minimum absolute atomic E-state index is 0.194. The normalized spacial score (nSPS) is 39.7. The van der Waals surface area contributed by atoms with Gasteiger partial charge in [0.1, 0.15) is 0 Å². The molecule has 5 aliphatic rings. The molecule has 4 bridgehead atoms. The van der Waals surface area contributed by atoms with Crippen molar-refractivity contribution < 1.29 is 27.5 Å². The predicted octanol–water partition coefficient (Wildman–Crippen LogP) is 3.84. The van der Waals surface area contributed by atoms with Gasteiger partial charge in [-0.2, -0.15) is 13.2 Å². The Hall–Kier alpha value is -1.27. The molecule has 0 aromatic heterocycles. The maximum Gasteiger partial charge on any atom is 0.422 e. The van der Waals surface area contributed by atoms with Crippen molar-refractivity contribution in [2.24, 2.45) is 35.0 Å². The lowest BCUT2D eigenvalue weighted by Crippen LogP contribution is -2.42. The van der Waals surface area contributed by atoms with Crippen LogP contribution < -0.4 is 5.32 Å². The molecule has 0 saturated heterocycles. The molecule has 6 atom stereocenters. The zero-order valence-electron chi connectivity index (χ0n) is 15.5. The molecule has 5 rings (SSSR count). The van der Waals surface area contributed by atoms with Gasteiger partial charge in [0.25, 0.3) is 0 Å². The van der Waals surface area contributed by atoms with Crippen molar-refractivity contribution in [1.82, 2.24) is 5.32 Å². The third kappa shape index (κ3) is 3.70. The molecule has 2 unspecified atom stereocenters. The van der Waals surface area contributed by atoms with Crippen molar-refractivity contribution in [2.75, 3.05) is 13.2 Å². The average molecular weight is 387 g/mol. The van der Waals surface area contributed by atoms with Crippen molar-refractivity contribution in [3.05, 3.63) is 0 Å². The number of hydrogen-bond acceptors (Lipinski definition) is 3. The lowest BCUT2D eigenvalue weighted by Gasteiger charge is -2.31. The molecule has 1 N–H and O–H groups in total. The maximum atomic E-state index is 12.6. The van der Waals surface area contributed by atoms with Crippen molar-refractivity contribution in [3.8, 4) is 0 Å². The Kier molecular flexibility index (Phi) is 4.91. The van der Waals surface area contributed by atoms with Crippen LogP contribution in [0.15, 0.2) is 0 Å². The van der Waals surface area contributed by atoms with Crippen LogP contribution in [0.1, 0.15) is 57.8 Å². The number of ether oxygens (including phenoxy) is 1. The first-order valence-corrected chi connectivity index (χ1v) is 10.3. The first-order valence-electron chi connectivity index (χ1n) is 10.3. The number of nitrogens with one attached hydrogen (secondary N) is 1. The molecule has 0 aliphatic heterocycles. The van der Waals surface area contributed by atoms with Crippen LogP contribution in [-0.2, 0) is 14.3 Å². The quantitative estimate of drug-likeness (QED) is 0.705. The smallest absolute Gasteiger partial charge is 0.422 e. The van der Waals surface area contributed by atoms with Gasteiger partial charge in [-0.1, -0.05) is 12.8 Å². The van der Waals surface area contributed by atoms with E-state index in [0.717, 1.165) is 37.0 Å². The van der Waals surface area contributed by atoms with Gasteiger partial charge in [-0.25, -0.2) is 0 Å². The number of hydrogen-bond donors (Lipinski definition) is 1. The molecule has 4 nitrogen and oxygen atoms in total. The summed E-state index contributed by atoms with van der Waals surface area (Å²) in [5.74, 6) is 0.221. The van der Waals surface area contributed by atoms with Crippen LogP contribution in [0, 0.1) is 35.0 Å². The molecular weight excluding hydrogens is 359 g/mol. The monoisotopic (exact) mass is 387 g/mol. The van der Waals surface area contributed by atoms with Crippen molar-refractivity contribution in [1.29, 1.82) is 0 Å². The van der Waals surface area contributed by atoms with E-state index in [1.54, 1.807) is 0 Å². The molecule has 0 aromatic rings. The van der Waals surface area contributed by atoms with E-state index < -0.39 is 30.6 Å². The summed E-state index contributed by atoms with van der Waals surface area (Å²) in [5.41, 5.74) is 0.417. The van der Waals surface area contributed by atoms with E-state index in [2.05, 4.69) is 10.1 Å². The fraction of sp³-hybridized carbons (Fsp3) is 0.900. The molecule has 5 saturated carbocycles. The van der Waals surface area contributed by atoms with E-state index in [4.69, 9.17) is 0 Å². The summed E-state index contributed by atoms with van der Waals surface area (Å²) in [6, 6.07) is 0. The van der Waals surface area contributed by atoms with Gasteiger partial charge in [0, 0.05) is 6.54 Å². The Morgan fingerprint density at radius 2 is 1.67 bits per heavy atom. The van der Waals surface area contributed by atoms with Crippen molar-refractivity contribution in [2.45, 2.75) is 64.0 Å². The Labute approximate surface area is 157 Å². The largest absolute Gasteiger partial charge is 0.456 e. The highest BCUT2D eigenvalue weighted by Gasteiger charge is 2.62. The molecular formula is C20H28F3NO3. The van der Waals surface area contributed by atoms with E-state index >= 15 is 0 Å². The highest BCUT2D eigenvalue weighted by molar-refractivity contribution is 5.85. The molecule has 0 aromatic carbocycles. The molecule has 0 heterocycles. The SMILES string of the molecule is O=C(NCCC12C[C@H]3CC1C[C@H]3C2)[C@@H]1CCCC[C@H]1C(=O)OCC(F)(F)F. The molecule has 152 valence electrons. The molecule has 27 heavy (non-hydrogen) atoms. The summed E-state index contributed by atoms with van der Waals surface area (Å²) in [6.07, 6.45) is 4.28. The first kappa shape index (κ1) is 19.1. The number of amides is 1. The Bertz CT molecular complexity index is 592. The van der Waals surface area contributed by atoms with Crippen LogP contribution >= 0.6 is 0 Å². The van der Waals surface area contributed by atoms with Gasteiger partial charge in [0.15, 0.2) is 6.61 Å². The van der Waals surface area contributed by atoms with Crippen LogP contribution in [-0.4, -0.2) is 31.2 Å². The number of rotatable bonds is 6. The predicted molar refractivity (Wildman–Crippen MR) is 91.5 cm³/mol. The lowest BCUT2D eigenvalue weighted by molar-refractivity contribution is -0.191.